The smallest absolute Gasteiger partial charge is 0.315 e. The van der Waals surface area contributed by atoms with Crippen LogP contribution in [0.15, 0.2) is 18.2 Å². The third-order valence-electron chi connectivity index (χ3n) is 2.98. The number of carbonyl (C=O) groups excluding carboxylic acids is 1. The quantitative estimate of drug-likeness (QED) is 0.797. The summed E-state index contributed by atoms with van der Waals surface area (Å²) in [7, 11) is 4.64. The molecule has 0 heterocycles. The lowest BCUT2D eigenvalue weighted by Crippen LogP contribution is -2.34. The number of ether oxygens (including phenoxy) is 2. The van der Waals surface area contributed by atoms with Gasteiger partial charge in [-0.15, -0.1) is 0 Å². The number of nitrogens with zero attached hydrogens (tertiary/aromatic N) is 1. The van der Waals surface area contributed by atoms with Gasteiger partial charge in [0.05, 0.1) is 14.2 Å². The zero-order chi connectivity index (χ0) is 15.3. The van der Waals surface area contributed by atoms with Crippen LogP contribution in [0.1, 0.15) is 12.5 Å². The number of rotatable bonds is 6. The molecule has 110 valence electrons. The molecule has 0 bridgehead atoms. The fourth-order valence-corrected chi connectivity index (χ4v) is 1.77. The Morgan fingerprint density at radius 2 is 1.85 bits per heavy atom. The Kier molecular flexibility index (Phi) is 5.37. The van der Waals surface area contributed by atoms with Gasteiger partial charge in [-0.1, -0.05) is 6.07 Å². The number of benzene rings is 1. The predicted octanol–water partition coefficient (Wildman–Crippen LogP) is 1.38. The van der Waals surface area contributed by atoms with Gasteiger partial charge in [0, 0.05) is 13.6 Å². The highest BCUT2D eigenvalue weighted by atomic mass is 16.5. The van der Waals surface area contributed by atoms with Gasteiger partial charge in [0.25, 0.3) is 0 Å². The molecule has 1 atom stereocenters. The summed E-state index contributed by atoms with van der Waals surface area (Å²) in [6.45, 7) is 1.67. The van der Waals surface area contributed by atoms with Crippen LogP contribution in [0.2, 0.25) is 0 Å². The maximum atomic E-state index is 11.9. The largest absolute Gasteiger partial charge is 0.493 e. The molecule has 6 heteroatoms. The molecule has 0 fully saturated rings. The van der Waals surface area contributed by atoms with Crippen LogP contribution in [-0.2, 0) is 16.1 Å². The van der Waals surface area contributed by atoms with E-state index in [4.69, 9.17) is 14.6 Å². The molecule has 0 aliphatic heterocycles. The highest BCUT2D eigenvalue weighted by Crippen LogP contribution is 2.28. The van der Waals surface area contributed by atoms with Crippen LogP contribution in [0.3, 0.4) is 0 Å². The first-order valence-corrected chi connectivity index (χ1v) is 6.09. The minimum atomic E-state index is -1.13. The van der Waals surface area contributed by atoms with E-state index in [9.17, 15) is 9.59 Å². The van der Waals surface area contributed by atoms with Crippen LogP contribution in [0.4, 0.5) is 0 Å². The first-order chi connectivity index (χ1) is 9.40. The molecule has 0 radical (unpaired) electrons. The molecule has 0 saturated carbocycles. The van der Waals surface area contributed by atoms with Gasteiger partial charge in [-0.2, -0.15) is 0 Å². The van der Waals surface area contributed by atoms with Gasteiger partial charge in [-0.25, -0.2) is 0 Å². The Bertz CT molecular complexity index is 500. The van der Waals surface area contributed by atoms with Crippen LogP contribution in [0.25, 0.3) is 0 Å². The van der Waals surface area contributed by atoms with Crippen molar-refractivity contribution in [3.8, 4) is 11.5 Å². The molecule has 20 heavy (non-hydrogen) atoms. The summed E-state index contributed by atoms with van der Waals surface area (Å²) in [4.78, 5) is 24.0. The van der Waals surface area contributed by atoms with Crippen LogP contribution in [0, 0.1) is 5.92 Å². The zero-order valence-corrected chi connectivity index (χ0v) is 12.0. The average Bonchev–Trinajstić information content (AvgIpc) is 2.45. The van der Waals surface area contributed by atoms with E-state index in [0.717, 1.165) is 5.56 Å². The third kappa shape index (κ3) is 3.63. The number of aliphatic carboxylic acids is 1. The molecule has 1 aromatic carbocycles. The molecule has 0 aliphatic rings. The predicted molar refractivity (Wildman–Crippen MR) is 72.8 cm³/mol. The van der Waals surface area contributed by atoms with E-state index in [2.05, 4.69) is 0 Å². The van der Waals surface area contributed by atoms with Gasteiger partial charge < -0.3 is 19.5 Å². The Hall–Kier alpha value is -2.24. The Morgan fingerprint density at radius 1 is 1.25 bits per heavy atom. The van der Waals surface area contributed by atoms with Crippen molar-refractivity contribution >= 4 is 11.9 Å². The average molecular weight is 281 g/mol. The minimum Gasteiger partial charge on any atom is -0.493 e. The van der Waals surface area contributed by atoms with Gasteiger partial charge >= 0.3 is 5.97 Å². The van der Waals surface area contributed by atoms with Crippen molar-refractivity contribution in [1.82, 2.24) is 4.90 Å². The molecule has 1 rings (SSSR count). The standard InChI is InChI=1S/C14H19NO5/c1-9(14(17)18)13(16)15(2)8-10-5-6-11(19-3)12(7-10)20-4/h5-7,9H,8H2,1-4H3,(H,17,18). The molecular formula is C14H19NO5. The second-order valence-electron chi connectivity index (χ2n) is 4.44. The summed E-state index contributed by atoms with van der Waals surface area (Å²) in [6, 6.07) is 5.30. The highest BCUT2D eigenvalue weighted by Gasteiger charge is 2.24. The topological polar surface area (TPSA) is 76.1 Å². The van der Waals surface area contributed by atoms with Crippen molar-refractivity contribution in [2.45, 2.75) is 13.5 Å². The van der Waals surface area contributed by atoms with Crippen LogP contribution in [0.5, 0.6) is 11.5 Å². The maximum absolute atomic E-state index is 11.9. The Labute approximate surface area is 117 Å². The monoisotopic (exact) mass is 281 g/mol. The summed E-state index contributed by atoms with van der Waals surface area (Å²) in [5.74, 6) is -1.46. The summed E-state index contributed by atoms with van der Waals surface area (Å²) in [6.07, 6.45) is 0. The normalized spacial score (nSPS) is 11.6. The van der Waals surface area contributed by atoms with E-state index in [-0.39, 0.29) is 0 Å². The van der Waals surface area contributed by atoms with Gasteiger partial charge in [0.15, 0.2) is 11.5 Å². The van der Waals surface area contributed by atoms with E-state index in [1.54, 1.807) is 32.4 Å². The van der Waals surface area contributed by atoms with E-state index in [1.807, 2.05) is 0 Å². The van der Waals surface area contributed by atoms with Gasteiger partial charge in [0.1, 0.15) is 5.92 Å². The van der Waals surface area contributed by atoms with Gasteiger partial charge in [-0.3, -0.25) is 9.59 Å². The minimum absolute atomic E-state index is 0.302. The second-order valence-corrected chi connectivity index (χ2v) is 4.44. The fourth-order valence-electron chi connectivity index (χ4n) is 1.77. The number of hydrogen-bond donors (Lipinski definition) is 1. The molecule has 0 spiro atoms. The summed E-state index contributed by atoms with van der Waals surface area (Å²) < 4.78 is 10.3. The van der Waals surface area contributed by atoms with E-state index in [1.165, 1.54) is 18.9 Å². The molecule has 1 N–H and O–H groups in total. The number of hydrogen-bond acceptors (Lipinski definition) is 4. The number of amides is 1. The maximum Gasteiger partial charge on any atom is 0.315 e. The molecular weight excluding hydrogens is 262 g/mol. The van der Waals surface area contributed by atoms with Crippen molar-refractivity contribution in [3.63, 3.8) is 0 Å². The van der Waals surface area contributed by atoms with Crippen LogP contribution >= 0.6 is 0 Å². The Balaban J connectivity index is 2.83. The molecule has 1 aromatic rings. The molecule has 0 saturated heterocycles. The SMILES string of the molecule is COc1ccc(CN(C)C(=O)C(C)C(=O)O)cc1OC. The van der Waals surface area contributed by atoms with Crippen molar-refractivity contribution in [2.24, 2.45) is 5.92 Å². The van der Waals surface area contributed by atoms with Gasteiger partial charge in [-0.05, 0) is 24.6 Å². The lowest BCUT2D eigenvalue weighted by molar-refractivity contribution is -0.149. The summed E-state index contributed by atoms with van der Waals surface area (Å²) in [5, 5.41) is 8.83. The zero-order valence-electron chi connectivity index (χ0n) is 12.0. The number of carboxylic acid groups (broad SMARTS) is 1. The second kappa shape index (κ2) is 6.79. The van der Waals surface area contributed by atoms with Crippen LogP contribution < -0.4 is 9.47 Å². The number of carbonyl (C=O) groups is 2. The van der Waals surface area contributed by atoms with E-state index < -0.39 is 17.8 Å². The molecule has 1 amide bonds. The molecule has 6 nitrogen and oxygen atoms in total. The summed E-state index contributed by atoms with van der Waals surface area (Å²) in [5.41, 5.74) is 0.830. The van der Waals surface area contributed by atoms with E-state index >= 15 is 0 Å². The fraction of sp³-hybridized carbons (Fsp3) is 0.429. The Morgan fingerprint density at radius 3 is 2.35 bits per heavy atom. The first kappa shape index (κ1) is 15.8. The van der Waals surface area contributed by atoms with Gasteiger partial charge in [0.2, 0.25) is 5.91 Å². The number of methoxy groups -OCH3 is 2. The lowest BCUT2D eigenvalue weighted by atomic mass is 10.1. The van der Waals surface area contributed by atoms with Crippen molar-refractivity contribution in [2.75, 3.05) is 21.3 Å². The molecule has 0 aromatic heterocycles. The highest BCUT2D eigenvalue weighted by molar-refractivity contribution is 5.96. The van der Waals surface area contributed by atoms with Crippen molar-refractivity contribution < 1.29 is 24.2 Å². The van der Waals surface area contributed by atoms with Crippen molar-refractivity contribution in [3.05, 3.63) is 23.8 Å². The van der Waals surface area contributed by atoms with E-state index in [0.29, 0.717) is 18.0 Å². The lowest BCUT2D eigenvalue weighted by Gasteiger charge is -2.20. The third-order valence-corrected chi connectivity index (χ3v) is 2.98. The summed E-state index contributed by atoms with van der Waals surface area (Å²) >= 11 is 0. The number of carboxylic acids is 1. The van der Waals surface area contributed by atoms with Crippen LogP contribution in [-0.4, -0.2) is 43.2 Å². The molecule has 1 unspecified atom stereocenters. The van der Waals surface area contributed by atoms with Crippen molar-refractivity contribution in [1.29, 1.82) is 0 Å². The first-order valence-electron chi connectivity index (χ1n) is 6.09. The molecule has 0 aliphatic carbocycles.